The van der Waals surface area contributed by atoms with Gasteiger partial charge < -0.3 is 14.5 Å². The van der Waals surface area contributed by atoms with E-state index in [0.29, 0.717) is 28.2 Å². The number of benzene rings is 1. The smallest absolute Gasteiger partial charge is 0.360 e. The van der Waals surface area contributed by atoms with E-state index in [-0.39, 0.29) is 53.2 Å². The molecule has 39 heavy (non-hydrogen) atoms. The minimum atomic E-state index is -4.02. The molecular weight excluding hydrogens is 529 g/mol. The third kappa shape index (κ3) is 4.79. The van der Waals surface area contributed by atoms with Crippen LogP contribution < -0.4 is 5.32 Å². The molecular formula is C26H30FN5O6S. The molecule has 1 fully saturated rings. The number of oxazole rings is 1. The summed E-state index contributed by atoms with van der Waals surface area (Å²) in [5.74, 6) is 0.318. The number of aromatic amines is 1. The molecule has 2 aromatic heterocycles. The van der Waals surface area contributed by atoms with Gasteiger partial charge in [0.2, 0.25) is 6.41 Å². The first-order valence-corrected chi connectivity index (χ1v) is 14.2. The Labute approximate surface area is 225 Å². The van der Waals surface area contributed by atoms with E-state index in [1.54, 1.807) is 13.0 Å². The van der Waals surface area contributed by atoms with E-state index in [0.717, 1.165) is 18.5 Å². The second-order valence-electron chi connectivity index (χ2n) is 10.8. The molecule has 0 radical (unpaired) electrons. The SMILES string of the molecule is CCOC(=O)c1nc(C2CCC(c3cc(Nc4ccc5c(c4F)CN(C=O)S5(=O)=O)[nH]n3)C2)oc1C(C)(C)C. The minimum Gasteiger partial charge on any atom is -0.461 e. The fourth-order valence-electron chi connectivity index (χ4n) is 5.14. The van der Waals surface area contributed by atoms with Gasteiger partial charge in [0.25, 0.3) is 10.0 Å². The number of sulfonamides is 1. The molecule has 5 rings (SSSR count). The van der Waals surface area contributed by atoms with Crippen LogP contribution in [-0.4, -0.2) is 46.9 Å². The second kappa shape index (κ2) is 9.78. The largest absolute Gasteiger partial charge is 0.461 e. The predicted molar refractivity (Wildman–Crippen MR) is 138 cm³/mol. The lowest BCUT2D eigenvalue weighted by Crippen LogP contribution is -2.22. The number of ether oxygens (including phenoxy) is 1. The summed E-state index contributed by atoms with van der Waals surface area (Å²) in [4.78, 5) is 27.9. The average Bonchev–Trinajstić information content (AvgIpc) is 3.65. The number of halogens is 1. The van der Waals surface area contributed by atoms with Crippen LogP contribution in [0.5, 0.6) is 0 Å². The summed E-state index contributed by atoms with van der Waals surface area (Å²) in [5, 5.41) is 10.2. The van der Waals surface area contributed by atoms with Crippen LogP contribution in [0.25, 0.3) is 0 Å². The molecule has 3 heterocycles. The van der Waals surface area contributed by atoms with Crippen molar-refractivity contribution in [2.24, 2.45) is 0 Å². The number of esters is 1. The van der Waals surface area contributed by atoms with Gasteiger partial charge in [-0.1, -0.05) is 20.8 Å². The summed E-state index contributed by atoms with van der Waals surface area (Å²) in [5.41, 5.74) is 0.584. The second-order valence-corrected chi connectivity index (χ2v) is 12.7. The number of nitrogens with one attached hydrogen (secondary N) is 2. The zero-order valence-corrected chi connectivity index (χ0v) is 22.9. The highest BCUT2D eigenvalue weighted by atomic mass is 32.2. The lowest BCUT2D eigenvalue weighted by Gasteiger charge is -2.15. The van der Waals surface area contributed by atoms with E-state index in [1.807, 2.05) is 20.8 Å². The Kier molecular flexibility index (Phi) is 6.73. The van der Waals surface area contributed by atoms with E-state index < -0.39 is 27.2 Å². The number of nitrogens with zero attached hydrogens (tertiary/aromatic N) is 3. The van der Waals surface area contributed by atoms with E-state index in [9.17, 15) is 18.0 Å². The fraction of sp³-hybridized carbons (Fsp3) is 0.462. The molecule has 0 saturated heterocycles. The molecule has 1 amide bonds. The van der Waals surface area contributed by atoms with Gasteiger partial charge in [0.1, 0.15) is 11.6 Å². The Bertz CT molecular complexity index is 1540. The number of hydrogen-bond acceptors (Lipinski definition) is 9. The van der Waals surface area contributed by atoms with Gasteiger partial charge in [-0.15, -0.1) is 0 Å². The van der Waals surface area contributed by atoms with Crippen LogP contribution in [0, 0.1) is 5.82 Å². The molecule has 0 bridgehead atoms. The van der Waals surface area contributed by atoms with Crippen molar-refractivity contribution < 1.29 is 31.6 Å². The zero-order valence-electron chi connectivity index (χ0n) is 22.1. The number of amides is 1. The van der Waals surface area contributed by atoms with Crippen LogP contribution in [0.1, 0.15) is 92.2 Å². The predicted octanol–water partition coefficient (Wildman–Crippen LogP) is 4.47. The van der Waals surface area contributed by atoms with Crippen molar-refractivity contribution >= 4 is 33.9 Å². The van der Waals surface area contributed by atoms with Crippen LogP contribution in [-0.2, 0) is 31.5 Å². The van der Waals surface area contributed by atoms with E-state index >= 15 is 4.39 Å². The Hall–Kier alpha value is -3.74. The van der Waals surface area contributed by atoms with Crippen molar-refractivity contribution in [3.63, 3.8) is 0 Å². The number of rotatable bonds is 7. The number of carbonyl (C=O) groups is 2. The highest BCUT2D eigenvalue weighted by molar-refractivity contribution is 7.89. The van der Waals surface area contributed by atoms with Crippen molar-refractivity contribution in [3.8, 4) is 0 Å². The lowest BCUT2D eigenvalue weighted by molar-refractivity contribution is -0.114. The van der Waals surface area contributed by atoms with Crippen LogP contribution >= 0.6 is 0 Å². The van der Waals surface area contributed by atoms with Gasteiger partial charge in [-0.3, -0.25) is 9.89 Å². The first kappa shape index (κ1) is 26.9. The summed E-state index contributed by atoms with van der Waals surface area (Å²) < 4.78 is 51.6. The van der Waals surface area contributed by atoms with Gasteiger partial charge in [-0.2, -0.15) is 5.10 Å². The highest BCUT2D eigenvalue weighted by Crippen LogP contribution is 2.44. The lowest BCUT2D eigenvalue weighted by atomic mass is 9.92. The maximum Gasteiger partial charge on any atom is 0.360 e. The van der Waals surface area contributed by atoms with Crippen molar-refractivity contribution in [1.29, 1.82) is 0 Å². The molecule has 1 saturated carbocycles. The maximum atomic E-state index is 15.1. The summed E-state index contributed by atoms with van der Waals surface area (Å²) in [6, 6.07) is 4.39. The maximum absolute atomic E-state index is 15.1. The number of aromatic nitrogens is 3. The minimum absolute atomic E-state index is 0.00394. The fourth-order valence-corrected chi connectivity index (χ4v) is 6.51. The quantitative estimate of drug-likeness (QED) is 0.316. The number of H-pyrrole nitrogens is 1. The van der Waals surface area contributed by atoms with Crippen LogP contribution in [0.3, 0.4) is 0 Å². The normalized spacial score (nSPS) is 20.2. The van der Waals surface area contributed by atoms with Crippen molar-refractivity contribution in [1.82, 2.24) is 19.5 Å². The Balaban J connectivity index is 1.31. The first-order valence-electron chi connectivity index (χ1n) is 12.7. The van der Waals surface area contributed by atoms with Gasteiger partial charge in [0.05, 0.1) is 29.4 Å². The highest BCUT2D eigenvalue weighted by Gasteiger charge is 2.38. The molecule has 13 heteroatoms. The Morgan fingerprint density at radius 2 is 2.05 bits per heavy atom. The molecule has 0 spiro atoms. The van der Waals surface area contributed by atoms with Crippen molar-refractivity contribution in [2.45, 2.75) is 75.6 Å². The third-order valence-corrected chi connectivity index (χ3v) is 8.85. The monoisotopic (exact) mass is 559 g/mol. The summed E-state index contributed by atoms with van der Waals surface area (Å²) in [7, 11) is -4.02. The molecule has 2 unspecified atom stereocenters. The van der Waals surface area contributed by atoms with Gasteiger partial charge >= 0.3 is 5.97 Å². The molecule has 3 aromatic rings. The van der Waals surface area contributed by atoms with Crippen LogP contribution in [0.2, 0.25) is 0 Å². The standard InChI is InChI=1S/C26H30FN5O6S/c1-5-37-25(34)22-23(26(2,3)4)38-24(29-22)15-7-6-14(10-15)18-11-20(31-30-18)28-17-8-9-19-16(21(17)27)12-32(13-33)39(19,35)36/h8-9,11,13-15H,5-7,10,12H2,1-4H3,(H2,28,30,31). The summed E-state index contributed by atoms with van der Waals surface area (Å²) in [6.07, 6.45) is 2.51. The first-order chi connectivity index (χ1) is 18.4. The van der Waals surface area contributed by atoms with Gasteiger partial charge in [-0.05, 0) is 38.3 Å². The van der Waals surface area contributed by atoms with Gasteiger partial charge in [0, 0.05) is 28.9 Å². The number of carbonyl (C=O) groups excluding carboxylic acids is 2. The van der Waals surface area contributed by atoms with Gasteiger partial charge in [-0.25, -0.2) is 26.9 Å². The zero-order chi connectivity index (χ0) is 28.1. The van der Waals surface area contributed by atoms with E-state index in [4.69, 9.17) is 9.15 Å². The molecule has 1 aliphatic carbocycles. The molecule has 2 N–H and O–H groups in total. The molecule has 208 valence electrons. The molecule has 1 aliphatic heterocycles. The number of anilines is 2. The average molecular weight is 560 g/mol. The third-order valence-electron chi connectivity index (χ3n) is 7.08. The number of fused-ring (bicyclic) bond motifs is 1. The Morgan fingerprint density at radius 3 is 2.74 bits per heavy atom. The van der Waals surface area contributed by atoms with Crippen LogP contribution in [0.15, 0.2) is 27.5 Å². The topological polar surface area (TPSA) is 147 Å². The molecule has 1 aromatic carbocycles. The summed E-state index contributed by atoms with van der Waals surface area (Å²) in [6.45, 7) is 7.51. The van der Waals surface area contributed by atoms with Crippen molar-refractivity contribution in [3.05, 3.63) is 52.6 Å². The van der Waals surface area contributed by atoms with E-state index in [2.05, 4.69) is 20.5 Å². The van der Waals surface area contributed by atoms with Crippen molar-refractivity contribution in [2.75, 3.05) is 11.9 Å². The van der Waals surface area contributed by atoms with Crippen LogP contribution in [0.4, 0.5) is 15.9 Å². The summed E-state index contributed by atoms with van der Waals surface area (Å²) >= 11 is 0. The Morgan fingerprint density at radius 1 is 1.31 bits per heavy atom. The van der Waals surface area contributed by atoms with E-state index in [1.165, 1.54) is 12.1 Å². The molecule has 11 nitrogen and oxygen atoms in total. The number of hydrogen-bond donors (Lipinski definition) is 2. The molecule has 2 aliphatic rings. The van der Waals surface area contributed by atoms with Gasteiger partial charge in [0.15, 0.2) is 17.4 Å². The molecule has 2 atom stereocenters.